The molecule has 1 radical (unpaired) electrons. The normalized spacial score (nSPS) is 12.1. The number of rotatable bonds is 2. The van der Waals surface area contributed by atoms with Crippen LogP contribution >= 0.6 is 0 Å². The Morgan fingerprint density at radius 2 is 1.33 bits per heavy atom. The molecule has 0 N–H and O–H groups in total. The zero-order valence-corrected chi connectivity index (χ0v) is 20.5. The maximum absolute atomic E-state index is 3.12. The van der Waals surface area contributed by atoms with Crippen LogP contribution in [0.25, 0.3) is 0 Å². The van der Waals surface area contributed by atoms with Crippen molar-refractivity contribution in [1.82, 2.24) is 0 Å². The number of allylic oxidation sites excluding steroid dienone is 8. The van der Waals surface area contributed by atoms with Gasteiger partial charge in [0.1, 0.15) is 9.52 Å². The van der Waals surface area contributed by atoms with Gasteiger partial charge >= 0.3 is 26.2 Å². The summed E-state index contributed by atoms with van der Waals surface area (Å²) in [5, 5.41) is 2.90. The summed E-state index contributed by atoms with van der Waals surface area (Å²) in [6, 6.07) is 21.3. The van der Waals surface area contributed by atoms with Gasteiger partial charge in [0, 0.05) is 0 Å². The van der Waals surface area contributed by atoms with Crippen molar-refractivity contribution in [2.75, 3.05) is 0 Å². The van der Waals surface area contributed by atoms with Gasteiger partial charge in [0.15, 0.2) is 0 Å². The molecule has 0 amide bonds. The Morgan fingerprint density at radius 3 is 1.59 bits per heavy atom. The molecule has 0 spiro atoms. The van der Waals surface area contributed by atoms with Crippen molar-refractivity contribution in [2.45, 2.75) is 19.8 Å². The molecule has 0 unspecified atom stereocenters. The van der Waals surface area contributed by atoms with Gasteiger partial charge in [0.05, 0.1) is 0 Å². The second-order valence-corrected chi connectivity index (χ2v) is 7.06. The number of hydrogen-bond acceptors (Lipinski definition) is 0. The van der Waals surface area contributed by atoms with Crippen molar-refractivity contribution in [2.24, 2.45) is 0 Å². The topological polar surface area (TPSA) is 0 Å². The summed E-state index contributed by atoms with van der Waals surface area (Å²) in [5.74, 6) is 0. The average molecular weight is 490 g/mol. The van der Waals surface area contributed by atoms with Crippen molar-refractivity contribution in [1.29, 1.82) is 0 Å². The molecule has 137 valence electrons. The molecular weight excluding hydrogens is 466 g/mol. The smallest absolute Gasteiger partial charge is 1.00 e. The van der Waals surface area contributed by atoms with Gasteiger partial charge in [-0.3, -0.25) is 12.2 Å². The Labute approximate surface area is 198 Å². The summed E-state index contributed by atoms with van der Waals surface area (Å²) < 4.78 is 0. The van der Waals surface area contributed by atoms with Gasteiger partial charge in [-0.2, -0.15) is 12.2 Å². The molecule has 0 fully saturated rings. The predicted molar refractivity (Wildman–Crippen MR) is 107 cm³/mol. The summed E-state index contributed by atoms with van der Waals surface area (Å²) in [6.07, 6.45) is 18.3. The van der Waals surface area contributed by atoms with Gasteiger partial charge < -0.3 is 24.8 Å². The van der Waals surface area contributed by atoms with E-state index < -0.39 is 0 Å². The molecule has 2 aliphatic carbocycles. The van der Waals surface area contributed by atoms with Crippen LogP contribution in [0.15, 0.2) is 96.6 Å². The third kappa shape index (κ3) is 13.8. The van der Waals surface area contributed by atoms with Gasteiger partial charge in [-0.05, 0) is 0 Å². The van der Waals surface area contributed by atoms with Crippen molar-refractivity contribution < 1.29 is 51.0 Å². The molecule has 0 aromatic heterocycles. The van der Waals surface area contributed by atoms with E-state index >= 15 is 0 Å². The molecule has 0 aliphatic heterocycles. The molecule has 2 aromatic carbocycles. The molecule has 0 saturated heterocycles. The number of hydrogen-bond donors (Lipinski definition) is 0. The van der Waals surface area contributed by atoms with E-state index in [2.05, 4.69) is 98.0 Å². The maximum Gasteiger partial charge on any atom is 4.00 e. The molecule has 27 heavy (non-hydrogen) atoms. The van der Waals surface area contributed by atoms with Gasteiger partial charge in [-0.15, -0.1) is 12.8 Å². The molecule has 0 heterocycles. The fourth-order valence-electron chi connectivity index (χ4n) is 2.15. The van der Waals surface area contributed by atoms with Crippen LogP contribution < -0.4 is 35.2 Å². The first-order valence-electron chi connectivity index (χ1n) is 8.25. The van der Waals surface area contributed by atoms with Gasteiger partial charge in [-0.1, -0.05) is 78.0 Å². The second-order valence-electron chi connectivity index (χ2n) is 5.44. The van der Waals surface area contributed by atoms with E-state index in [1.54, 1.807) is 0 Å². The van der Waals surface area contributed by atoms with E-state index in [0.29, 0.717) is 0 Å². The zero-order chi connectivity index (χ0) is 16.9. The van der Waals surface area contributed by atoms with Crippen LogP contribution in [0.1, 0.15) is 19.8 Å². The second kappa shape index (κ2) is 18.4. The molecule has 2 aromatic rings. The molecule has 0 saturated carbocycles. The molecule has 0 nitrogen and oxygen atoms in total. The van der Waals surface area contributed by atoms with Crippen molar-refractivity contribution in [3.8, 4) is 0 Å². The quantitative estimate of drug-likeness (QED) is 0.341. The summed E-state index contributed by atoms with van der Waals surface area (Å²) >= 11 is 0. The standard InChI is InChI=1S/C12H11Si.C6H7.C5H5.2ClH.Zr/c1-3-7-11(8-4-1)13-12-9-5-2-6-10-12;1-6-4-2-3-5-6;1-2-4-5-3-1;;;/h1-10,13H;2,4H,3H2,1H3;1-3H,4H2;2*1H;/q;2*-1;;;+4/p-2. The first-order valence-corrected chi connectivity index (χ1v) is 9.40. The molecule has 2 aliphatic rings. The monoisotopic (exact) mass is 487 g/mol. The van der Waals surface area contributed by atoms with E-state index in [0.717, 1.165) is 12.8 Å². The van der Waals surface area contributed by atoms with Crippen LogP contribution in [0, 0.1) is 12.2 Å². The minimum absolute atomic E-state index is 0. The number of benzene rings is 2. The van der Waals surface area contributed by atoms with Gasteiger partial charge in [-0.25, -0.2) is 23.8 Å². The van der Waals surface area contributed by atoms with E-state index in [1.807, 2.05) is 12.2 Å². The molecule has 4 heteroatoms. The molecule has 4 rings (SSSR count). The largest absolute Gasteiger partial charge is 4.00 e. The van der Waals surface area contributed by atoms with E-state index in [9.17, 15) is 0 Å². The van der Waals surface area contributed by atoms with Crippen molar-refractivity contribution in [3.63, 3.8) is 0 Å². The summed E-state index contributed by atoms with van der Waals surface area (Å²) in [4.78, 5) is 0. The third-order valence-corrected chi connectivity index (χ3v) is 4.82. The van der Waals surface area contributed by atoms with Crippen molar-refractivity contribution in [3.05, 3.63) is 109 Å². The van der Waals surface area contributed by atoms with Gasteiger partial charge in [0.2, 0.25) is 0 Å². The minimum atomic E-state index is 0. The van der Waals surface area contributed by atoms with Crippen LogP contribution in [0.2, 0.25) is 0 Å². The van der Waals surface area contributed by atoms with Crippen molar-refractivity contribution >= 4 is 19.9 Å². The predicted octanol–water partition coefficient (Wildman–Crippen LogP) is -1.92. The Balaban J connectivity index is 0. The summed E-state index contributed by atoms with van der Waals surface area (Å²) in [5.41, 5.74) is 1.27. The Hall–Kier alpha value is -0.920. The number of halogens is 2. The van der Waals surface area contributed by atoms with Crippen LogP contribution in [-0.4, -0.2) is 9.52 Å². The van der Waals surface area contributed by atoms with E-state index in [1.165, 1.54) is 15.9 Å². The first kappa shape index (κ1) is 28.3. The van der Waals surface area contributed by atoms with Crippen LogP contribution in [0.5, 0.6) is 0 Å². The zero-order valence-electron chi connectivity index (χ0n) is 15.4. The Kier molecular flexibility index (Phi) is 19.3. The molecule has 0 bridgehead atoms. The first-order chi connectivity index (χ1) is 11.8. The van der Waals surface area contributed by atoms with E-state index in [4.69, 9.17) is 0 Å². The van der Waals surface area contributed by atoms with E-state index in [-0.39, 0.29) is 60.5 Å². The average Bonchev–Trinajstić information content (AvgIpc) is 3.34. The summed E-state index contributed by atoms with van der Waals surface area (Å²) in [6.45, 7) is 2.06. The minimum Gasteiger partial charge on any atom is -1.00 e. The Bertz CT molecular complexity index is 657. The van der Waals surface area contributed by atoms with Crippen LogP contribution in [-0.2, 0) is 26.2 Å². The molecular formula is C23H23Cl2SiZr. The van der Waals surface area contributed by atoms with Crippen LogP contribution in [0.3, 0.4) is 0 Å². The van der Waals surface area contributed by atoms with Crippen LogP contribution in [0.4, 0.5) is 0 Å². The fourth-order valence-corrected chi connectivity index (χ4v) is 3.36. The summed E-state index contributed by atoms with van der Waals surface area (Å²) in [7, 11) is 0.271. The SMILES string of the molecule is CC1=[C-]CC=C1.[C-]1=CC=CC1.[Cl-].[Cl-].[Zr+4].c1ccc([SiH]c2ccccc2)cc1. The Morgan fingerprint density at radius 1 is 0.778 bits per heavy atom. The maximum atomic E-state index is 3.12. The van der Waals surface area contributed by atoms with Gasteiger partial charge in [0.25, 0.3) is 0 Å². The molecule has 0 atom stereocenters. The fraction of sp³-hybridized carbons (Fsp3) is 0.130. The third-order valence-electron chi connectivity index (χ3n) is 3.38.